The Labute approximate surface area is 117 Å². The molecule has 0 atom stereocenters. The summed E-state index contributed by atoms with van der Waals surface area (Å²) in [5, 5.41) is 4.29. The largest absolute Gasteiger partial charge is 0.404 e. The lowest BCUT2D eigenvalue weighted by Gasteiger charge is -2.04. The summed E-state index contributed by atoms with van der Waals surface area (Å²) < 4.78 is 3.90. The van der Waals surface area contributed by atoms with Gasteiger partial charge in [0, 0.05) is 37.3 Å². The third kappa shape index (κ3) is 3.07. The highest BCUT2D eigenvalue weighted by molar-refractivity contribution is 14.1. The number of hydrogen-bond donors (Lipinski definition) is 1. The van der Waals surface area contributed by atoms with Crippen LogP contribution >= 0.6 is 38.5 Å². The van der Waals surface area contributed by atoms with Gasteiger partial charge in [-0.2, -0.15) is 5.10 Å². The van der Waals surface area contributed by atoms with Crippen molar-refractivity contribution in [2.45, 2.75) is 19.9 Å². The predicted molar refractivity (Wildman–Crippen MR) is 78.9 cm³/mol. The number of nitrogens with two attached hydrogens (primary N) is 1. The lowest BCUT2D eigenvalue weighted by molar-refractivity contribution is 0.643. The van der Waals surface area contributed by atoms with Crippen LogP contribution in [0.15, 0.2) is 23.0 Å². The molecule has 4 nitrogen and oxygen atoms in total. The number of rotatable bonds is 4. The van der Waals surface area contributed by atoms with Crippen LogP contribution < -0.4 is 5.73 Å². The zero-order valence-electron chi connectivity index (χ0n) is 9.24. The van der Waals surface area contributed by atoms with E-state index in [1.54, 1.807) is 13.2 Å². The Morgan fingerprint density at radius 1 is 1.75 bits per heavy atom. The molecule has 0 saturated carbocycles. The van der Waals surface area contributed by atoms with Gasteiger partial charge in [-0.25, -0.2) is 0 Å². The molecule has 6 heteroatoms. The number of halogens is 2. The molecule has 1 heterocycles. The summed E-state index contributed by atoms with van der Waals surface area (Å²) in [6, 6.07) is 0. The van der Waals surface area contributed by atoms with Crippen LogP contribution in [0, 0.1) is 3.70 Å². The van der Waals surface area contributed by atoms with E-state index in [0.29, 0.717) is 0 Å². The average molecular weight is 397 g/mol. The van der Waals surface area contributed by atoms with E-state index in [0.717, 1.165) is 26.9 Å². The van der Waals surface area contributed by atoms with Crippen LogP contribution in [0.1, 0.15) is 12.5 Å². The quantitative estimate of drug-likeness (QED) is 0.627. The molecule has 0 amide bonds. The molecule has 0 saturated heterocycles. The number of aromatic nitrogens is 2. The van der Waals surface area contributed by atoms with Gasteiger partial charge < -0.3 is 5.73 Å². The van der Waals surface area contributed by atoms with Crippen LogP contribution in [0.5, 0.6) is 0 Å². The molecule has 88 valence electrons. The molecule has 0 aromatic carbocycles. The topological polar surface area (TPSA) is 56.2 Å². The SMILES string of the molecule is CCn1ncc(CC(=CN)C(Br)=NC)c1I. The smallest absolute Gasteiger partial charge is 0.105 e. The second-order valence-electron chi connectivity index (χ2n) is 3.16. The molecule has 1 rings (SSSR count). The second kappa shape index (κ2) is 6.39. The van der Waals surface area contributed by atoms with Gasteiger partial charge in [0.25, 0.3) is 0 Å². The fourth-order valence-corrected chi connectivity index (χ4v) is 2.37. The van der Waals surface area contributed by atoms with Gasteiger partial charge >= 0.3 is 0 Å². The minimum absolute atomic E-state index is 0.743. The molecule has 1 aromatic rings. The Morgan fingerprint density at radius 3 is 2.88 bits per heavy atom. The molecule has 0 fully saturated rings. The molecule has 16 heavy (non-hydrogen) atoms. The van der Waals surface area contributed by atoms with Gasteiger partial charge in [0.2, 0.25) is 0 Å². The maximum atomic E-state index is 5.58. The van der Waals surface area contributed by atoms with Crippen molar-refractivity contribution in [3.8, 4) is 0 Å². The van der Waals surface area contributed by atoms with E-state index in [4.69, 9.17) is 5.73 Å². The maximum absolute atomic E-state index is 5.58. The highest BCUT2D eigenvalue weighted by Gasteiger charge is 2.10. The van der Waals surface area contributed by atoms with Gasteiger partial charge in [0.15, 0.2) is 0 Å². The van der Waals surface area contributed by atoms with Crippen LogP contribution in [0.4, 0.5) is 0 Å². The van der Waals surface area contributed by atoms with E-state index in [9.17, 15) is 0 Å². The first-order valence-corrected chi connectivity index (χ1v) is 6.74. The molecule has 0 bridgehead atoms. The first-order chi connectivity index (χ1) is 7.63. The molecular formula is C10H14BrIN4. The summed E-state index contributed by atoms with van der Waals surface area (Å²) in [4.78, 5) is 4.07. The van der Waals surface area contributed by atoms with E-state index in [-0.39, 0.29) is 0 Å². The molecule has 0 aliphatic carbocycles. The Morgan fingerprint density at radius 2 is 2.44 bits per heavy atom. The van der Waals surface area contributed by atoms with Crippen LogP contribution in [0.2, 0.25) is 0 Å². The summed E-state index contributed by atoms with van der Waals surface area (Å²) >= 11 is 5.68. The summed E-state index contributed by atoms with van der Waals surface area (Å²) in [6.07, 6.45) is 4.20. The minimum atomic E-state index is 0.743. The number of aliphatic imine (C=N–C) groups is 1. The van der Waals surface area contributed by atoms with Gasteiger partial charge in [-0.3, -0.25) is 9.67 Å². The van der Waals surface area contributed by atoms with E-state index in [1.165, 1.54) is 5.56 Å². The van der Waals surface area contributed by atoms with Crippen molar-refractivity contribution in [1.29, 1.82) is 0 Å². The molecule has 2 N–H and O–H groups in total. The molecule has 0 radical (unpaired) electrons. The summed E-state index contributed by atoms with van der Waals surface area (Å²) in [7, 11) is 1.73. The summed E-state index contributed by atoms with van der Waals surface area (Å²) in [6.45, 7) is 2.95. The third-order valence-corrected chi connectivity index (χ3v) is 4.30. The zero-order chi connectivity index (χ0) is 12.1. The van der Waals surface area contributed by atoms with E-state index < -0.39 is 0 Å². The van der Waals surface area contributed by atoms with Crippen molar-refractivity contribution in [1.82, 2.24) is 9.78 Å². The normalized spacial score (nSPS) is 13.2. The van der Waals surface area contributed by atoms with Crippen LogP contribution in [0.25, 0.3) is 0 Å². The Balaban J connectivity index is 2.92. The minimum Gasteiger partial charge on any atom is -0.404 e. The number of nitrogens with zero attached hydrogens (tertiary/aromatic N) is 3. The Hall–Kier alpha value is -0.370. The number of aryl methyl sites for hydroxylation is 1. The molecule has 0 unspecified atom stereocenters. The molecule has 0 spiro atoms. The average Bonchev–Trinajstić information content (AvgIpc) is 2.66. The van der Waals surface area contributed by atoms with Crippen molar-refractivity contribution in [3.05, 3.63) is 27.2 Å². The fourth-order valence-electron chi connectivity index (χ4n) is 1.30. The second-order valence-corrected chi connectivity index (χ2v) is 4.93. The Kier molecular flexibility index (Phi) is 5.47. The first kappa shape index (κ1) is 13.7. The lowest BCUT2D eigenvalue weighted by Crippen LogP contribution is -2.04. The van der Waals surface area contributed by atoms with Crippen molar-refractivity contribution in [3.63, 3.8) is 0 Å². The first-order valence-electron chi connectivity index (χ1n) is 4.87. The zero-order valence-corrected chi connectivity index (χ0v) is 13.0. The van der Waals surface area contributed by atoms with Crippen molar-refractivity contribution in [2.75, 3.05) is 7.05 Å². The molecule has 0 aliphatic heterocycles. The van der Waals surface area contributed by atoms with Gasteiger partial charge in [-0.15, -0.1) is 0 Å². The highest BCUT2D eigenvalue weighted by Crippen LogP contribution is 2.17. The summed E-state index contributed by atoms with van der Waals surface area (Å²) in [5.74, 6) is 0. The van der Waals surface area contributed by atoms with E-state index in [1.807, 2.05) is 10.9 Å². The number of allylic oxidation sites excluding steroid dienone is 1. The Bertz CT molecular complexity index is 422. The van der Waals surface area contributed by atoms with Gasteiger partial charge in [-0.05, 0) is 45.4 Å². The highest BCUT2D eigenvalue weighted by atomic mass is 127. The monoisotopic (exact) mass is 396 g/mol. The van der Waals surface area contributed by atoms with Crippen molar-refractivity contribution >= 4 is 43.1 Å². The van der Waals surface area contributed by atoms with Crippen LogP contribution in [-0.4, -0.2) is 21.4 Å². The van der Waals surface area contributed by atoms with E-state index in [2.05, 4.69) is 55.5 Å². The van der Waals surface area contributed by atoms with Gasteiger partial charge in [0.1, 0.15) is 8.32 Å². The number of hydrogen-bond acceptors (Lipinski definition) is 3. The molecule has 0 aliphatic rings. The molecule has 1 aromatic heterocycles. The third-order valence-electron chi connectivity index (χ3n) is 2.19. The van der Waals surface area contributed by atoms with Gasteiger partial charge in [-0.1, -0.05) is 0 Å². The fraction of sp³-hybridized carbons (Fsp3) is 0.400. The lowest BCUT2D eigenvalue weighted by atomic mass is 10.1. The maximum Gasteiger partial charge on any atom is 0.105 e. The van der Waals surface area contributed by atoms with Gasteiger partial charge in [0.05, 0.1) is 6.20 Å². The van der Waals surface area contributed by atoms with E-state index >= 15 is 0 Å². The standard InChI is InChI=1S/C10H14BrIN4/c1-3-16-10(12)8(6-15-16)4-7(5-13)9(11)14-2/h5-6H,3-4,13H2,1-2H3. The van der Waals surface area contributed by atoms with Crippen molar-refractivity contribution < 1.29 is 0 Å². The van der Waals surface area contributed by atoms with Crippen molar-refractivity contribution in [2.24, 2.45) is 10.7 Å². The predicted octanol–water partition coefficient (Wildman–Crippen LogP) is 2.32. The van der Waals surface area contributed by atoms with Crippen LogP contribution in [0.3, 0.4) is 0 Å². The molecular weight excluding hydrogens is 383 g/mol. The van der Waals surface area contributed by atoms with Crippen LogP contribution in [-0.2, 0) is 13.0 Å². The summed E-state index contributed by atoms with van der Waals surface area (Å²) in [5.41, 5.74) is 7.72.